The molecule has 3 aliphatic carbocycles. The molecule has 0 spiro atoms. The number of pyridine rings is 1. The number of fused-ring (bicyclic) bond motifs is 5. The van der Waals surface area contributed by atoms with Crippen molar-refractivity contribution in [3.05, 3.63) is 137 Å². The van der Waals surface area contributed by atoms with Crippen molar-refractivity contribution in [3.63, 3.8) is 0 Å². The normalized spacial score (nSPS) is 20.1. The van der Waals surface area contributed by atoms with Crippen molar-refractivity contribution < 1.29 is 14.4 Å². The van der Waals surface area contributed by atoms with Gasteiger partial charge in [-0.1, -0.05) is 91.0 Å². The summed E-state index contributed by atoms with van der Waals surface area (Å²) < 4.78 is 17.1. The number of benzene rings is 3. The molecule has 10 rings (SSSR count). The molecule has 0 saturated heterocycles. The van der Waals surface area contributed by atoms with Crippen molar-refractivity contribution >= 4 is 44.3 Å². The summed E-state index contributed by atoms with van der Waals surface area (Å²) in [5.74, 6) is 0.0625. The van der Waals surface area contributed by atoms with Crippen LogP contribution in [0.1, 0.15) is 42.4 Å². The van der Waals surface area contributed by atoms with Gasteiger partial charge >= 0.3 is 0 Å². The van der Waals surface area contributed by atoms with Crippen molar-refractivity contribution in [2.45, 2.75) is 37.3 Å². The van der Waals surface area contributed by atoms with Crippen LogP contribution in [0, 0.1) is 23.6 Å². The lowest BCUT2D eigenvalue weighted by molar-refractivity contribution is -0.139. The monoisotopic (exact) mass is 695 g/mol. The van der Waals surface area contributed by atoms with Gasteiger partial charge in [0.05, 0.1) is 22.9 Å². The number of anilines is 1. The molecule has 11 heteroatoms. The Bertz CT molecular complexity index is 2260. The zero-order chi connectivity index (χ0) is 34.5. The summed E-state index contributed by atoms with van der Waals surface area (Å²) in [5.41, 5.74) is 4.61. The third-order valence-electron chi connectivity index (χ3n) is 10.9. The molecule has 9 nitrogen and oxygen atoms in total. The van der Waals surface area contributed by atoms with E-state index in [2.05, 4.69) is 41.7 Å². The third kappa shape index (κ3) is 5.10. The van der Waals surface area contributed by atoms with E-state index in [0.717, 1.165) is 52.6 Å². The fourth-order valence-corrected chi connectivity index (χ4v) is 9.38. The Morgan fingerprint density at radius 3 is 2.04 bits per heavy atom. The molecule has 3 aromatic carbocycles. The highest BCUT2D eigenvalue weighted by Gasteiger charge is 2.47. The Kier molecular flexibility index (Phi) is 7.81. The molecule has 3 aliphatic rings. The highest BCUT2D eigenvalue weighted by atomic mass is 32.1. The number of halogens is 1. The van der Waals surface area contributed by atoms with Crippen LogP contribution in [0.3, 0.4) is 0 Å². The second-order valence-electron chi connectivity index (χ2n) is 13.5. The summed E-state index contributed by atoms with van der Waals surface area (Å²) in [7, 11) is 0. The average Bonchev–Trinajstić information content (AvgIpc) is 3.82. The molecule has 3 saturated carbocycles. The molecule has 4 aromatic heterocycles. The molecule has 0 radical (unpaired) electrons. The van der Waals surface area contributed by atoms with Crippen LogP contribution in [0.4, 0.5) is 10.2 Å². The zero-order valence-corrected chi connectivity index (χ0v) is 28.3. The Morgan fingerprint density at radius 1 is 0.824 bits per heavy atom. The number of carbonyl (C=O) groups excluding carboxylic acids is 1. The van der Waals surface area contributed by atoms with Gasteiger partial charge in [0.1, 0.15) is 27.7 Å². The maximum atomic E-state index is 15.2. The molecular weight excluding hydrogens is 662 g/mol. The number of rotatable bonds is 8. The van der Waals surface area contributed by atoms with Crippen molar-refractivity contribution in [1.29, 1.82) is 0 Å². The SMILES string of the molecule is O=C(NO)[C@H]1C2CCC(CC2)[C@@H]1Nc1nc(-c2nn(C(c3ccccc3)(c3ccccc3)c3ccccc3)c3ncc(F)cc23)nc2sccc12. The predicted molar refractivity (Wildman–Crippen MR) is 195 cm³/mol. The van der Waals surface area contributed by atoms with E-state index < -0.39 is 17.3 Å². The molecule has 4 heterocycles. The number of nitrogens with one attached hydrogen (secondary N) is 2. The highest BCUT2D eigenvalue weighted by molar-refractivity contribution is 7.16. The van der Waals surface area contributed by atoms with E-state index >= 15 is 4.39 Å². The number of hydrogen-bond donors (Lipinski definition) is 3. The van der Waals surface area contributed by atoms with Crippen LogP contribution in [-0.4, -0.2) is 41.9 Å². The summed E-state index contributed by atoms with van der Waals surface area (Å²) in [5, 5.41) is 21.9. The average molecular weight is 696 g/mol. The summed E-state index contributed by atoms with van der Waals surface area (Å²) in [6.07, 6.45) is 5.14. The quantitative estimate of drug-likeness (QED) is 0.0844. The van der Waals surface area contributed by atoms with E-state index in [1.807, 2.05) is 76.2 Å². The van der Waals surface area contributed by atoms with Gasteiger partial charge in [0.2, 0.25) is 5.91 Å². The van der Waals surface area contributed by atoms with Gasteiger partial charge in [0.25, 0.3) is 0 Å². The van der Waals surface area contributed by atoms with Crippen LogP contribution in [0.5, 0.6) is 0 Å². The van der Waals surface area contributed by atoms with Gasteiger partial charge in [-0.2, -0.15) is 5.10 Å². The number of aromatic nitrogens is 5. The molecule has 2 bridgehead atoms. The summed E-state index contributed by atoms with van der Waals surface area (Å²) in [4.78, 5) is 28.5. The number of thiophene rings is 1. The lowest BCUT2D eigenvalue weighted by Gasteiger charge is -2.47. The first-order chi connectivity index (χ1) is 25.1. The number of hydrogen-bond acceptors (Lipinski definition) is 8. The van der Waals surface area contributed by atoms with Crippen LogP contribution in [-0.2, 0) is 10.3 Å². The molecular formula is C40H34FN7O2S. The zero-order valence-electron chi connectivity index (χ0n) is 27.5. The smallest absolute Gasteiger partial charge is 0.248 e. The Morgan fingerprint density at radius 2 is 1.43 bits per heavy atom. The first-order valence-electron chi connectivity index (χ1n) is 17.2. The Labute approximate surface area is 297 Å². The third-order valence-corrected chi connectivity index (χ3v) is 11.7. The maximum Gasteiger partial charge on any atom is 0.248 e. The van der Waals surface area contributed by atoms with Gasteiger partial charge in [-0.3, -0.25) is 10.0 Å². The van der Waals surface area contributed by atoms with Gasteiger partial charge in [-0.25, -0.2) is 29.5 Å². The molecule has 3 fully saturated rings. The van der Waals surface area contributed by atoms with E-state index in [4.69, 9.17) is 20.1 Å². The molecule has 0 aliphatic heterocycles. The standard InChI is InChI=1S/C40H34FN7O2S/c41-29-22-31-34(36-44-35(30-20-21-51-39(30)45-36)43-33-25-18-16-24(17-19-25)32(33)38(49)47-50)46-48(37(31)42-23-29)40(26-10-4-1-5-11-26,27-12-6-2-7-13-27)28-14-8-3-9-15-28/h1-15,20-25,32-33,50H,16-19H2,(H,47,49)(H,43,44,45)/t24?,25?,32-,33-/m0/s1. The van der Waals surface area contributed by atoms with E-state index in [1.165, 1.54) is 23.6 Å². The maximum absolute atomic E-state index is 15.2. The van der Waals surface area contributed by atoms with E-state index in [0.29, 0.717) is 28.4 Å². The molecule has 1 amide bonds. The van der Waals surface area contributed by atoms with Crippen LogP contribution in [0.2, 0.25) is 0 Å². The number of carbonyl (C=O) groups is 1. The minimum absolute atomic E-state index is 0.176. The van der Waals surface area contributed by atoms with Crippen LogP contribution < -0.4 is 10.8 Å². The van der Waals surface area contributed by atoms with Crippen LogP contribution in [0.15, 0.2) is 115 Å². The van der Waals surface area contributed by atoms with Crippen molar-refractivity contribution in [2.75, 3.05) is 5.32 Å². The van der Waals surface area contributed by atoms with Crippen molar-refractivity contribution in [3.8, 4) is 11.5 Å². The lowest BCUT2D eigenvalue weighted by Crippen LogP contribution is -2.54. The van der Waals surface area contributed by atoms with Gasteiger partial charge in [-0.15, -0.1) is 11.3 Å². The minimum Gasteiger partial charge on any atom is -0.366 e. The minimum atomic E-state index is -1.01. The topological polar surface area (TPSA) is 118 Å². The molecule has 2 atom stereocenters. The second-order valence-corrected chi connectivity index (χ2v) is 14.4. The summed E-state index contributed by atoms with van der Waals surface area (Å²) in [6, 6.07) is 33.6. The number of amides is 1. The van der Waals surface area contributed by atoms with Crippen molar-refractivity contribution in [2.24, 2.45) is 17.8 Å². The van der Waals surface area contributed by atoms with Gasteiger partial charge in [0, 0.05) is 6.04 Å². The lowest BCUT2D eigenvalue weighted by atomic mass is 9.61. The van der Waals surface area contributed by atoms with Gasteiger partial charge in [-0.05, 0) is 71.7 Å². The van der Waals surface area contributed by atoms with E-state index in [9.17, 15) is 10.0 Å². The molecule has 7 aromatic rings. The molecule has 51 heavy (non-hydrogen) atoms. The van der Waals surface area contributed by atoms with Crippen molar-refractivity contribution in [1.82, 2.24) is 30.2 Å². The fourth-order valence-electron chi connectivity index (χ4n) is 8.62. The Balaban J connectivity index is 1.28. The fraction of sp³-hybridized carbons (Fsp3) is 0.225. The van der Waals surface area contributed by atoms with Gasteiger partial charge in [0.15, 0.2) is 11.5 Å². The first-order valence-corrected chi connectivity index (χ1v) is 18.1. The largest absolute Gasteiger partial charge is 0.366 e. The number of nitrogens with zero attached hydrogens (tertiary/aromatic N) is 5. The first kappa shape index (κ1) is 31.5. The Hall–Kier alpha value is -5.52. The van der Waals surface area contributed by atoms with Crippen LogP contribution >= 0.6 is 11.3 Å². The molecule has 254 valence electrons. The van der Waals surface area contributed by atoms with Gasteiger partial charge < -0.3 is 5.32 Å². The highest BCUT2D eigenvalue weighted by Crippen LogP contribution is 2.47. The van der Waals surface area contributed by atoms with E-state index in [1.54, 1.807) is 0 Å². The second kappa shape index (κ2) is 12.7. The van der Waals surface area contributed by atoms with Crippen LogP contribution in [0.25, 0.3) is 32.8 Å². The van der Waals surface area contributed by atoms with E-state index in [-0.39, 0.29) is 23.8 Å². The summed E-state index contributed by atoms with van der Waals surface area (Å²) >= 11 is 1.48. The predicted octanol–water partition coefficient (Wildman–Crippen LogP) is 7.80. The number of hydroxylamine groups is 1. The summed E-state index contributed by atoms with van der Waals surface area (Å²) in [6.45, 7) is 0. The molecule has 3 N–H and O–H groups in total. The molecule has 0 unspecified atom stereocenters.